The van der Waals surface area contributed by atoms with E-state index in [4.69, 9.17) is 0 Å². The number of hydrogen-bond acceptors (Lipinski definition) is 2. The Labute approximate surface area is 102 Å². The quantitative estimate of drug-likeness (QED) is 0.851. The zero-order valence-electron chi connectivity index (χ0n) is 10.0. The van der Waals surface area contributed by atoms with Gasteiger partial charge >= 0.3 is 0 Å². The maximum Gasteiger partial charge on any atom is 0.0702 e. The van der Waals surface area contributed by atoms with Gasteiger partial charge in [-0.05, 0) is 62.0 Å². The van der Waals surface area contributed by atoms with Crippen LogP contribution in [0.1, 0.15) is 18.4 Å². The molecule has 1 saturated heterocycles. The first-order valence-corrected chi connectivity index (χ1v) is 6.46. The minimum atomic E-state index is 0.804. The summed E-state index contributed by atoms with van der Waals surface area (Å²) in [5.41, 5.74) is 2.54. The molecule has 1 atom stereocenters. The molecule has 2 heteroatoms. The van der Waals surface area contributed by atoms with Crippen molar-refractivity contribution in [2.24, 2.45) is 5.92 Å². The molecule has 2 aromatic rings. The van der Waals surface area contributed by atoms with Gasteiger partial charge in [0, 0.05) is 11.6 Å². The van der Waals surface area contributed by atoms with E-state index in [1.165, 1.54) is 43.3 Å². The van der Waals surface area contributed by atoms with Gasteiger partial charge in [-0.1, -0.05) is 12.1 Å². The predicted octanol–water partition coefficient (Wildman–Crippen LogP) is 2.78. The topological polar surface area (TPSA) is 24.9 Å². The number of rotatable bonds is 2. The number of aromatic nitrogens is 1. The van der Waals surface area contributed by atoms with E-state index in [9.17, 15) is 0 Å². The zero-order valence-corrected chi connectivity index (χ0v) is 10.0. The van der Waals surface area contributed by atoms with E-state index in [0.717, 1.165) is 11.4 Å². The second kappa shape index (κ2) is 4.84. The second-order valence-electron chi connectivity index (χ2n) is 4.95. The summed E-state index contributed by atoms with van der Waals surface area (Å²) in [6, 6.07) is 10.8. The van der Waals surface area contributed by atoms with Gasteiger partial charge in [0.15, 0.2) is 0 Å². The summed E-state index contributed by atoms with van der Waals surface area (Å²) in [5, 5.41) is 4.74. The SMILES string of the molecule is c1cnc2ccc(CC3CCCNC3)cc2c1. The van der Waals surface area contributed by atoms with Gasteiger partial charge in [0.05, 0.1) is 5.52 Å². The van der Waals surface area contributed by atoms with Crippen LogP contribution in [0.25, 0.3) is 10.9 Å². The van der Waals surface area contributed by atoms with Crippen LogP contribution in [0.5, 0.6) is 0 Å². The second-order valence-corrected chi connectivity index (χ2v) is 4.95. The van der Waals surface area contributed by atoms with Crippen molar-refractivity contribution in [3.63, 3.8) is 0 Å². The standard InChI is InChI=1S/C15H18N2/c1-3-13(11-16-7-1)9-12-5-6-15-14(10-12)4-2-8-17-15/h2,4-6,8,10,13,16H,1,3,7,9,11H2. The van der Waals surface area contributed by atoms with Crippen LogP contribution in [0.2, 0.25) is 0 Å². The molecule has 88 valence electrons. The van der Waals surface area contributed by atoms with Crippen molar-refractivity contribution in [3.8, 4) is 0 Å². The number of benzene rings is 1. The molecule has 0 amide bonds. The van der Waals surface area contributed by atoms with Gasteiger partial charge in [0.1, 0.15) is 0 Å². The minimum Gasteiger partial charge on any atom is -0.316 e. The summed E-state index contributed by atoms with van der Waals surface area (Å²) in [5.74, 6) is 0.804. The molecule has 0 bridgehead atoms. The maximum atomic E-state index is 4.36. The molecule has 17 heavy (non-hydrogen) atoms. The smallest absolute Gasteiger partial charge is 0.0702 e. The fraction of sp³-hybridized carbons (Fsp3) is 0.400. The van der Waals surface area contributed by atoms with Gasteiger partial charge in [0.25, 0.3) is 0 Å². The Kier molecular flexibility index (Phi) is 3.06. The van der Waals surface area contributed by atoms with Gasteiger partial charge < -0.3 is 5.32 Å². The molecule has 1 aliphatic heterocycles. The van der Waals surface area contributed by atoms with Crippen LogP contribution < -0.4 is 5.32 Å². The lowest BCUT2D eigenvalue weighted by Gasteiger charge is -2.22. The van der Waals surface area contributed by atoms with E-state index in [2.05, 4.69) is 34.6 Å². The highest BCUT2D eigenvalue weighted by atomic mass is 14.9. The van der Waals surface area contributed by atoms with Crippen molar-refractivity contribution in [1.82, 2.24) is 10.3 Å². The van der Waals surface area contributed by atoms with Crippen molar-refractivity contribution in [3.05, 3.63) is 42.1 Å². The molecule has 2 heterocycles. The van der Waals surface area contributed by atoms with Crippen LogP contribution in [0, 0.1) is 5.92 Å². The summed E-state index contributed by atoms with van der Waals surface area (Å²) in [6.07, 6.45) is 5.72. The Hall–Kier alpha value is -1.41. The molecule has 0 aliphatic carbocycles. The van der Waals surface area contributed by atoms with Crippen LogP contribution in [0.4, 0.5) is 0 Å². The molecule has 1 aromatic heterocycles. The fourth-order valence-electron chi connectivity index (χ4n) is 2.68. The minimum absolute atomic E-state index is 0.804. The summed E-state index contributed by atoms with van der Waals surface area (Å²) >= 11 is 0. The van der Waals surface area contributed by atoms with Crippen LogP contribution in [-0.4, -0.2) is 18.1 Å². The van der Waals surface area contributed by atoms with E-state index in [1.54, 1.807) is 0 Å². The first kappa shape index (κ1) is 10.7. The number of piperidine rings is 1. The molecular weight excluding hydrogens is 208 g/mol. The third-order valence-corrected chi connectivity index (χ3v) is 3.59. The fourth-order valence-corrected chi connectivity index (χ4v) is 2.68. The summed E-state index contributed by atoms with van der Waals surface area (Å²) < 4.78 is 0. The van der Waals surface area contributed by atoms with Crippen LogP contribution in [0.3, 0.4) is 0 Å². The van der Waals surface area contributed by atoms with Gasteiger partial charge in [-0.25, -0.2) is 0 Å². The number of pyridine rings is 1. The maximum absolute atomic E-state index is 4.36. The van der Waals surface area contributed by atoms with Crippen LogP contribution >= 0.6 is 0 Å². The lowest BCUT2D eigenvalue weighted by Crippen LogP contribution is -2.30. The Morgan fingerprint density at radius 1 is 1.29 bits per heavy atom. The first-order chi connectivity index (χ1) is 8.42. The normalized spacial score (nSPS) is 20.6. The van der Waals surface area contributed by atoms with E-state index in [0.29, 0.717) is 0 Å². The van der Waals surface area contributed by atoms with E-state index in [1.807, 2.05) is 12.3 Å². The van der Waals surface area contributed by atoms with Gasteiger partial charge in [-0.3, -0.25) is 4.98 Å². The van der Waals surface area contributed by atoms with Gasteiger partial charge in [-0.15, -0.1) is 0 Å². The number of hydrogen-bond donors (Lipinski definition) is 1. The lowest BCUT2D eigenvalue weighted by atomic mass is 9.92. The molecule has 1 fully saturated rings. The predicted molar refractivity (Wildman–Crippen MR) is 71.0 cm³/mol. The van der Waals surface area contributed by atoms with Crippen molar-refractivity contribution in [2.45, 2.75) is 19.3 Å². The first-order valence-electron chi connectivity index (χ1n) is 6.46. The molecule has 0 radical (unpaired) electrons. The Bertz CT molecular complexity index is 501. The van der Waals surface area contributed by atoms with E-state index >= 15 is 0 Å². The molecular formula is C15H18N2. The average Bonchev–Trinajstić information content (AvgIpc) is 2.40. The van der Waals surface area contributed by atoms with Gasteiger partial charge in [0.2, 0.25) is 0 Å². The Morgan fingerprint density at radius 3 is 3.18 bits per heavy atom. The monoisotopic (exact) mass is 226 g/mol. The molecule has 0 spiro atoms. The summed E-state index contributed by atoms with van der Waals surface area (Å²) in [7, 11) is 0. The Balaban J connectivity index is 1.80. The number of nitrogens with zero attached hydrogens (tertiary/aromatic N) is 1. The molecule has 1 N–H and O–H groups in total. The number of fused-ring (bicyclic) bond motifs is 1. The van der Waals surface area contributed by atoms with Crippen molar-refractivity contribution >= 4 is 10.9 Å². The highest BCUT2D eigenvalue weighted by Gasteiger charge is 2.13. The van der Waals surface area contributed by atoms with Crippen LogP contribution in [0.15, 0.2) is 36.5 Å². The number of nitrogens with one attached hydrogen (secondary N) is 1. The van der Waals surface area contributed by atoms with Crippen molar-refractivity contribution < 1.29 is 0 Å². The highest BCUT2D eigenvalue weighted by Crippen LogP contribution is 2.19. The zero-order chi connectivity index (χ0) is 11.5. The third-order valence-electron chi connectivity index (χ3n) is 3.59. The molecule has 1 aromatic carbocycles. The van der Waals surface area contributed by atoms with Crippen molar-refractivity contribution in [1.29, 1.82) is 0 Å². The van der Waals surface area contributed by atoms with E-state index in [-0.39, 0.29) is 0 Å². The Morgan fingerprint density at radius 2 is 2.29 bits per heavy atom. The van der Waals surface area contributed by atoms with Crippen LogP contribution in [-0.2, 0) is 6.42 Å². The molecule has 1 unspecified atom stereocenters. The molecule has 3 rings (SSSR count). The van der Waals surface area contributed by atoms with Crippen molar-refractivity contribution in [2.75, 3.05) is 13.1 Å². The molecule has 2 nitrogen and oxygen atoms in total. The molecule has 0 saturated carbocycles. The largest absolute Gasteiger partial charge is 0.316 e. The lowest BCUT2D eigenvalue weighted by molar-refractivity contribution is 0.376. The average molecular weight is 226 g/mol. The summed E-state index contributed by atoms with van der Waals surface area (Å²) in [4.78, 5) is 4.36. The highest BCUT2D eigenvalue weighted by molar-refractivity contribution is 5.78. The van der Waals surface area contributed by atoms with Gasteiger partial charge in [-0.2, -0.15) is 0 Å². The summed E-state index contributed by atoms with van der Waals surface area (Å²) in [6.45, 7) is 2.36. The van der Waals surface area contributed by atoms with E-state index < -0.39 is 0 Å². The third kappa shape index (κ3) is 2.47. The molecule has 1 aliphatic rings.